The second kappa shape index (κ2) is 6.55. The van der Waals surface area contributed by atoms with Crippen molar-refractivity contribution in [2.75, 3.05) is 5.32 Å². The lowest BCUT2D eigenvalue weighted by Gasteiger charge is -2.38. The van der Waals surface area contributed by atoms with Crippen LogP contribution in [0.5, 0.6) is 0 Å². The van der Waals surface area contributed by atoms with Crippen molar-refractivity contribution in [3.8, 4) is 0 Å². The molecule has 3 heterocycles. The molecule has 0 bridgehead atoms. The van der Waals surface area contributed by atoms with Crippen LogP contribution in [0.3, 0.4) is 0 Å². The molecule has 2 aliphatic rings. The van der Waals surface area contributed by atoms with Crippen LogP contribution in [-0.2, 0) is 4.79 Å². The van der Waals surface area contributed by atoms with E-state index in [1.807, 2.05) is 36.4 Å². The second-order valence-corrected chi connectivity index (χ2v) is 8.15. The molecule has 1 aliphatic heterocycles. The monoisotopic (exact) mass is 387 g/mol. The number of allylic oxidation sites excluding steroid dienone is 1. The Bertz CT molecular complexity index is 1110. The summed E-state index contributed by atoms with van der Waals surface area (Å²) in [7, 11) is 0. The van der Waals surface area contributed by atoms with Gasteiger partial charge in [0.25, 0.3) is 0 Å². The largest absolute Gasteiger partial charge is 0.423 e. The van der Waals surface area contributed by atoms with Gasteiger partial charge in [0.1, 0.15) is 11.3 Å². The van der Waals surface area contributed by atoms with Crippen LogP contribution in [0.2, 0.25) is 0 Å². The van der Waals surface area contributed by atoms with Crippen molar-refractivity contribution < 1.29 is 9.21 Å². The zero-order valence-electron chi connectivity index (χ0n) is 16.2. The highest BCUT2D eigenvalue weighted by Crippen LogP contribution is 2.42. The molecule has 7 heteroatoms. The number of carbonyl (C=O) groups is 1. The average Bonchev–Trinajstić information content (AvgIpc) is 3.09. The maximum atomic E-state index is 13.0. The number of Topliss-reactive ketones (excluding diaryl/α,β-unsaturated/α-hetero) is 1. The van der Waals surface area contributed by atoms with Gasteiger partial charge < -0.3 is 9.73 Å². The normalized spacial score (nSPS) is 23.0. The number of hydrogen-bond donors (Lipinski definition) is 2. The number of fused-ring (bicyclic) bond motifs is 2. The number of para-hydroxylation sites is 2. The molecule has 0 spiro atoms. The number of guanidine groups is 1. The minimum absolute atomic E-state index is 0.179. The molecule has 0 saturated heterocycles. The zero-order chi connectivity index (χ0) is 20.0. The van der Waals surface area contributed by atoms with Crippen LogP contribution in [0, 0.1) is 11.3 Å². The molecule has 2 atom stereocenters. The molecule has 29 heavy (non-hydrogen) atoms. The van der Waals surface area contributed by atoms with Crippen LogP contribution in [0.1, 0.15) is 31.9 Å². The highest BCUT2D eigenvalue weighted by Gasteiger charge is 2.42. The van der Waals surface area contributed by atoms with E-state index in [2.05, 4.69) is 40.5 Å². The summed E-state index contributed by atoms with van der Waals surface area (Å²) in [5.41, 5.74) is 3.00. The Balaban J connectivity index is 1.55. The third kappa shape index (κ3) is 3.29. The highest BCUT2D eigenvalue weighted by atomic mass is 16.4. The lowest BCUT2D eigenvalue weighted by molar-refractivity contribution is -0.124. The van der Waals surface area contributed by atoms with Gasteiger partial charge in [0.2, 0.25) is 5.96 Å². The lowest BCUT2D eigenvalue weighted by atomic mass is 9.72. The molecule has 0 unspecified atom stereocenters. The molecular formula is C22H21N5O2. The molecule has 7 nitrogen and oxygen atoms in total. The van der Waals surface area contributed by atoms with Gasteiger partial charge in [-0.2, -0.15) is 4.98 Å². The van der Waals surface area contributed by atoms with E-state index in [-0.39, 0.29) is 23.2 Å². The van der Waals surface area contributed by atoms with Crippen LogP contribution in [0.25, 0.3) is 11.1 Å². The van der Waals surface area contributed by atoms with Gasteiger partial charge in [0.05, 0.1) is 12.0 Å². The first kappa shape index (κ1) is 17.6. The average molecular weight is 387 g/mol. The zero-order valence-corrected chi connectivity index (χ0v) is 16.2. The maximum Gasteiger partial charge on any atom is 0.302 e. The summed E-state index contributed by atoms with van der Waals surface area (Å²) in [6, 6.07) is 11.4. The molecule has 3 aromatic rings. The number of pyridine rings is 1. The topological polar surface area (TPSA) is 92.4 Å². The lowest BCUT2D eigenvalue weighted by Crippen LogP contribution is -2.45. The quantitative estimate of drug-likeness (QED) is 0.694. The maximum absolute atomic E-state index is 13.0. The van der Waals surface area contributed by atoms with Crippen molar-refractivity contribution in [3.63, 3.8) is 0 Å². The van der Waals surface area contributed by atoms with E-state index in [9.17, 15) is 4.79 Å². The van der Waals surface area contributed by atoms with Gasteiger partial charge in [-0.25, -0.2) is 4.99 Å². The summed E-state index contributed by atoms with van der Waals surface area (Å²) in [4.78, 5) is 26.5. The van der Waals surface area contributed by atoms with Gasteiger partial charge in [-0.1, -0.05) is 38.1 Å². The third-order valence-corrected chi connectivity index (χ3v) is 5.25. The Kier molecular flexibility index (Phi) is 3.97. The van der Waals surface area contributed by atoms with Crippen molar-refractivity contribution in [2.24, 2.45) is 16.3 Å². The standard InChI is InChI=1S/C22H21N5O2/c1-22(2)10-15-18(16(28)11-22)19(13-6-5-9-23-12-13)26-20(24-15)27-21-25-14-7-3-4-8-17(14)29-21/h3-10,12,18-19H,11H2,1-2H3,(H2,24,25,26,27)/t18-,19-/m1/s1. The number of ketones is 1. The van der Waals surface area contributed by atoms with Crippen LogP contribution in [0.4, 0.5) is 6.01 Å². The van der Waals surface area contributed by atoms with Gasteiger partial charge in [0, 0.05) is 24.5 Å². The molecule has 2 aromatic heterocycles. The fourth-order valence-electron chi connectivity index (χ4n) is 4.05. The van der Waals surface area contributed by atoms with E-state index in [0.29, 0.717) is 24.0 Å². The Labute approximate surface area is 168 Å². The molecule has 0 fully saturated rings. The van der Waals surface area contributed by atoms with Gasteiger partial charge in [-0.3, -0.25) is 15.1 Å². The molecule has 5 rings (SSSR count). The van der Waals surface area contributed by atoms with Gasteiger partial charge in [-0.15, -0.1) is 0 Å². The fraction of sp³-hybridized carbons (Fsp3) is 0.273. The van der Waals surface area contributed by atoms with Crippen molar-refractivity contribution in [1.29, 1.82) is 0 Å². The van der Waals surface area contributed by atoms with E-state index in [0.717, 1.165) is 16.8 Å². The predicted octanol–water partition coefficient (Wildman–Crippen LogP) is 3.83. The number of nitrogens with one attached hydrogen (secondary N) is 2. The minimum Gasteiger partial charge on any atom is -0.423 e. The number of oxazole rings is 1. The number of carbonyl (C=O) groups excluding carboxylic acids is 1. The molecular weight excluding hydrogens is 366 g/mol. The summed E-state index contributed by atoms with van der Waals surface area (Å²) in [6.45, 7) is 4.13. The van der Waals surface area contributed by atoms with Crippen LogP contribution < -0.4 is 10.6 Å². The molecule has 0 amide bonds. The minimum atomic E-state index is -0.355. The summed E-state index contributed by atoms with van der Waals surface area (Å²) in [5.74, 6) is 0.332. The summed E-state index contributed by atoms with van der Waals surface area (Å²) in [6.07, 6.45) is 6.10. The molecule has 0 saturated carbocycles. The van der Waals surface area contributed by atoms with E-state index in [4.69, 9.17) is 9.41 Å². The van der Waals surface area contributed by atoms with Gasteiger partial charge >= 0.3 is 6.01 Å². The van der Waals surface area contributed by atoms with Crippen molar-refractivity contribution >= 4 is 28.9 Å². The molecule has 146 valence electrons. The Hall–Kier alpha value is -3.48. The Morgan fingerprint density at radius 3 is 2.86 bits per heavy atom. The summed E-state index contributed by atoms with van der Waals surface area (Å²) in [5, 5.41) is 6.43. The van der Waals surface area contributed by atoms with Crippen LogP contribution >= 0.6 is 0 Å². The van der Waals surface area contributed by atoms with Crippen LogP contribution in [-0.4, -0.2) is 21.7 Å². The van der Waals surface area contributed by atoms with Crippen molar-refractivity contribution in [3.05, 3.63) is 66.1 Å². The molecule has 2 N–H and O–H groups in total. The Morgan fingerprint density at radius 1 is 1.21 bits per heavy atom. The number of aliphatic imine (C=N–C) groups is 1. The van der Waals surface area contributed by atoms with Gasteiger partial charge in [-0.05, 0) is 29.2 Å². The molecule has 1 aliphatic carbocycles. The van der Waals surface area contributed by atoms with Crippen LogP contribution in [0.15, 0.2) is 70.0 Å². The SMILES string of the molecule is CC1(C)C=C2NC(Nc3nc4ccccc4o3)=N[C@H](c3cccnc3)[C@H]2C(=O)C1. The van der Waals surface area contributed by atoms with Gasteiger partial charge in [0.15, 0.2) is 5.58 Å². The third-order valence-electron chi connectivity index (χ3n) is 5.25. The van der Waals surface area contributed by atoms with E-state index >= 15 is 0 Å². The highest BCUT2D eigenvalue weighted by molar-refractivity contribution is 5.98. The number of nitrogens with zero attached hydrogens (tertiary/aromatic N) is 3. The molecule has 1 aromatic carbocycles. The van der Waals surface area contributed by atoms with Crippen molar-refractivity contribution in [1.82, 2.24) is 15.3 Å². The predicted molar refractivity (Wildman–Crippen MR) is 110 cm³/mol. The second-order valence-electron chi connectivity index (χ2n) is 8.15. The number of anilines is 1. The summed E-state index contributed by atoms with van der Waals surface area (Å²) < 4.78 is 5.77. The Morgan fingerprint density at radius 2 is 2.07 bits per heavy atom. The molecule has 0 radical (unpaired) electrons. The first-order valence-electron chi connectivity index (χ1n) is 9.61. The summed E-state index contributed by atoms with van der Waals surface area (Å²) >= 11 is 0. The number of rotatable bonds is 2. The van der Waals surface area contributed by atoms with E-state index < -0.39 is 0 Å². The first-order chi connectivity index (χ1) is 14.0. The van der Waals surface area contributed by atoms with Crippen molar-refractivity contribution in [2.45, 2.75) is 26.3 Å². The number of aromatic nitrogens is 2. The number of hydrogen-bond acceptors (Lipinski definition) is 7. The fourth-order valence-corrected chi connectivity index (χ4v) is 4.05. The first-order valence-corrected chi connectivity index (χ1v) is 9.61. The van der Waals surface area contributed by atoms with E-state index in [1.54, 1.807) is 12.4 Å². The smallest absolute Gasteiger partial charge is 0.302 e. The van der Waals surface area contributed by atoms with E-state index in [1.165, 1.54) is 0 Å². The number of benzene rings is 1.